The summed E-state index contributed by atoms with van der Waals surface area (Å²) in [4.78, 5) is 22.3. The van der Waals surface area contributed by atoms with Crippen LogP contribution >= 0.6 is 0 Å². The molecule has 2 N–H and O–H groups in total. The van der Waals surface area contributed by atoms with E-state index in [2.05, 4.69) is 11.9 Å². The van der Waals surface area contributed by atoms with Crippen LogP contribution in [0.15, 0.2) is 12.7 Å². The Hall–Kier alpha value is -1.56. The van der Waals surface area contributed by atoms with Gasteiger partial charge in [-0.05, 0) is 18.8 Å². The normalized spacial score (nSPS) is 33.1. The molecule has 2 fully saturated rings. The Balaban J connectivity index is 1.84. The summed E-state index contributed by atoms with van der Waals surface area (Å²) in [6.45, 7) is 4.35. The number of aliphatic carboxylic acids is 1. The molecule has 0 spiro atoms. The highest BCUT2D eigenvalue weighted by molar-refractivity contribution is 5.71. The van der Waals surface area contributed by atoms with Gasteiger partial charge in [-0.25, -0.2) is 4.79 Å². The first-order valence-electron chi connectivity index (χ1n) is 5.94. The van der Waals surface area contributed by atoms with Crippen LogP contribution in [0, 0.1) is 11.8 Å². The van der Waals surface area contributed by atoms with Crippen molar-refractivity contribution in [2.24, 2.45) is 11.8 Å². The van der Waals surface area contributed by atoms with E-state index in [0.717, 1.165) is 0 Å². The largest absolute Gasteiger partial charge is 0.481 e. The molecule has 3 atom stereocenters. The number of carbonyl (C=O) groups excluding carboxylic acids is 1. The third-order valence-corrected chi connectivity index (χ3v) is 3.60. The van der Waals surface area contributed by atoms with Gasteiger partial charge in [0, 0.05) is 6.54 Å². The zero-order valence-corrected chi connectivity index (χ0v) is 10.1. The maximum absolute atomic E-state index is 11.3. The minimum Gasteiger partial charge on any atom is -0.481 e. The van der Waals surface area contributed by atoms with E-state index in [1.807, 2.05) is 0 Å². The summed E-state index contributed by atoms with van der Waals surface area (Å²) in [6, 6.07) is 0. The number of nitrogens with one attached hydrogen (secondary N) is 1. The molecule has 1 saturated heterocycles. The Morgan fingerprint density at radius 2 is 2.33 bits per heavy atom. The van der Waals surface area contributed by atoms with E-state index in [0.29, 0.717) is 26.0 Å². The fraction of sp³-hybridized carbons (Fsp3) is 0.667. The Morgan fingerprint density at radius 1 is 1.56 bits per heavy atom. The van der Waals surface area contributed by atoms with Gasteiger partial charge in [0.05, 0.1) is 18.1 Å². The van der Waals surface area contributed by atoms with Crippen LogP contribution in [0.25, 0.3) is 0 Å². The molecule has 0 radical (unpaired) electrons. The van der Waals surface area contributed by atoms with Gasteiger partial charge in [0.1, 0.15) is 6.61 Å². The predicted octanol–water partition coefficient (Wildman–Crippen LogP) is 0.778. The summed E-state index contributed by atoms with van der Waals surface area (Å²) < 4.78 is 10.4. The van der Waals surface area contributed by atoms with Crippen LogP contribution in [0.3, 0.4) is 0 Å². The van der Waals surface area contributed by atoms with Crippen molar-refractivity contribution in [1.82, 2.24) is 5.32 Å². The first kappa shape index (κ1) is 12.9. The molecule has 100 valence electrons. The molecule has 2 aliphatic rings. The van der Waals surface area contributed by atoms with Crippen LogP contribution in [-0.2, 0) is 14.3 Å². The fourth-order valence-electron chi connectivity index (χ4n) is 2.75. The SMILES string of the molecule is C=CCOC(=O)NC[C@]12C[C@@H](CO1)[C@H](C(=O)O)C2. The molecule has 2 rings (SSSR count). The molecule has 1 heterocycles. The van der Waals surface area contributed by atoms with E-state index >= 15 is 0 Å². The number of hydrogen-bond donors (Lipinski definition) is 2. The van der Waals surface area contributed by atoms with Crippen molar-refractivity contribution in [3.05, 3.63) is 12.7 Å². The topological polar surface area (TPSA) is 84.9 Å². The van der Waals surface area contributed by atoms with Gasteiger partial charge in [-0.15, -0.1) is 0 Å². The Labute approximate surface area is 105 Å². The number of hydrogen-bond acceptors (Lipinski definition) is 4. The molecular weight excluding hydrogens is 238 g/mol. The van der Waals surface area contributed by atoms with Crippen LogP contribution < -0.4 is 5.32 Å². The molecule has 1 amide bonds. The number of alkyl carbamates (subject to hydrolysis) is 1. The van der Waals surface area contributed by atoms with E-state index in [-0.39, 0.29) is 18.4 Å². The van der Waals surface area contributed by atoms with Crippen molar-refractivity contribution in [1.29, 1.82) is 0 Å². The number of carboxylic acids is 1. The van der Waals surface area contributed by atoms with Crippen LogP contribution in [-0.4, -0.2) is 42.5 Å². The molecule has 6 nitrogen and oxygen atoms in total. The van der Waals surface area contributed by atoms with Crippen molar-refractivity contribution in [2.75, 3.05) is 19.8 Å². The molecule has 1 aliphatic heterocycles. The van der Waals surface area contributed by atoms with Crippen molar-refractivity contribution < 1.29 is 24.2 Å². The van der Waals surface area contributed by atoms with E-state index in [1.54, 1.807) is 0 Å². The average molecular weight is 255 g/mol. The van der Waals surface area contributed by atoms with Gasteiger partial charge in [-0.3, -0.25) is 4.79 Å². The fourth-order valence-corrected chi connectivity index (χ4v) is 2.75. The van der Waals surface area contributed by atoms with Crippen LogP contribution in [0.4, 0.5) is 4.79 Å². The molecule has 0 aromatic rings. The highest BCUT2D eigenvalue weighted by atomic mass is 16.5. The second-order valence-corrected chi connectivity index (χ2v) is 4.85. The maximum atomic E-state index is 11.3. The molecule has 0 unspecified atom stereocenters. The van der Waals surface area contributed by atoms with Gasteiger partial charge in [0.25, 0.3) is 0 Å². The third kappa shape index (κ3) is 2.48. The number of ether oxygens (including phenoxy) is 2. The summed E-state index contributed by atoms with van der Waals surface area (Å²) >= 11 is 0. The second-order valence-electron chi connectivity index (χ2n) is 4.85. The molecule has 1 saturated carbocycles. The van der Waals surface area contributed by atoms with Crippen molar-refractivity contribution in [3.63, 3.8) is 0 Å². The quantitative estimate of drug-likeness (QED) is 0.709. The Bertz CT molecular complexity index is 369. The zero-order valence-electron chi connectivity index (χ0n) is 10.1. The maximum Gasteiger partial charge on any atom is 0.407 e. The zero-order chi connectivity index (χ0) is 13.2. The minimum absolute atomic E-state index is 0.0634. The lowest BCUT2D eigenvalue weighted by molar-refractivity contribution is -0.147. The van der Waals surface area contributed by atoms with Gasteiger partial charge in [0.15, 0.2) is 0 Å². The van der Waals surface area contributed by atoms with Gasteiger partial charge in [-0.1, -0.05) is 12.7 Å². The average Bonchev–Trinajstić information content (AvgIpc) is 2.92. The lowest BCUT2D eigenvalue weighted by atomic mass is 9.96. The molecule has 0 aromatic carbocycles. The minimum atomic E-state index is -0.778. The molecule has 1 aliphatic carbocycles. The summed E-state index contributed by atoms with van der Waals surface area (Å²) in [5, 5.41) is 11.7. The molecule has 2 bridgehead atoms. The van der Waals surface area contributed by atoms with E-state index in [4.69, 9.17) is 14.6 Å². The Kier molecular flexibility index (Phi) is 3.56. The smallest absolute Gasteiger partial charge is 0.407 e. The first-order valence-corrected chi connectivity index (χ1v) is 5.94. The summed E-state index contributed by atoms with van der Waals surface area (Å²) in [5.41, 5.74) is -0.527. The predicted molar refractivity (Wildman–Crippen MR) is 62.1 cm³/mol. The van der Waals surface area contributed by atoms with Crippen LogP contribution in [0.2, 0.25) is 0 Å². The van der Waals surface area contributed by atoms with Crippen LogP contribution in [0.5, 0.6) is 0 Å². The van der Waals surface area contributed by atoms with Gasteiger partial charge in [-0.2, -0.15) is 0 Å². The van der Waals surface area contributed by atoms with Gasteiger partial charge >= 0.3 is 12.1 Å². The standard InChI is InChI=1S/C12H17NO5/c1-2-3-17-11(16)13-7-12-4-8(6-18-12)9(5-12)10(14)15/h2,8-9H,1,3-7H2,(H,13,16)(H,14,15)/t8-,9+,12+/m0/s1. The third-order valence-electron chi connectivity index (χ3n) is 3.60. The lowest BCUT2D eigenvalue weighted by Crippen LogP contribution is -2.43. The van der Waals surface area contributed by atoms with Gasteiger partial charge in [0.2, 0.25) is 0 Å². The number of fused-ring (bicyclic) bond motifs is 2. The van der Waals surface area contributed by atoms with E-state index in [1.165, 1.54) is 6.08 Å². The molecule has 0 aromatic heterocycles. The highest BCUT2D eigenvalue weighted by Gasteiger charge is 2.54. The number of carboxylic acid groups (broad SMARTS) is 1. The van der Waals surface area contributed by atoms with Gasteiger partial charge < -0.3 is 19.9 Å². The summed E-state index contributed by atoms with van der Waals surface area (Å²) in [5.74, 6) is -1.07. The summed E-state index contributed by atoms with van der Waals surface area (Å²) in [7, 11) is 0. The highest BCUT2D eigenvalue weighted by Crippen LogP contribution is 2.47. The van der Waals surface area contributed by atoms with Crippen molar-refractivity contribution >= 4 is 12.1 Å². The Morgan fingerprint density at radius 3 is 2.94 bits per heavy atom. The second kappa shape index (κ2) is 4.97. The molecule has 18 heavy (non-hydrogen) atoms. The summed E-state index contributed by atoms with van der Waals surface area (Å²) in [6.07, 6.45) is 2.09. The number of carbonyl (C=O) groups is 2. The van der Waals surface area contributed by atoms with E-state index < -0.39 is 17.7 Å². The lowest BCUT2D eigenvalue weighted by Gasteiger charge is -2.28. The number of amides is 1. The van der Waals surface area contributed by atoms with Crippen LogP contribution in [0.1, 0.15) is 12.8 Å². The van der Waals surface area contributed by atoms with Crippen molar-refractivity contribution in [3.8, 4) is 0 Å². The first-order chi connectivity index (χ1) is 8.56. The molecule has 6 heteroatoms. The monoisotopic (exact) mass is 255 g/mol. The van der Waals surface area contributed by atoms with Crippen molar-refractivity contribution in [2.45, 2.75) is 18.4 Å². The number of rotatable bonds is 5. The van der Waals surface area contributed by atoms with E-state index in [9.17, 15) is 9.59 Å². The molecular formula is C12H17NO5.